The number of carboxylic acid groups (broad SMARTS) is 1. The third kappa shape index (κ3) is 6.85. The molecular formula is C17H19F3N2O3. The van der Waals surface area contributed by atoms with Crippen molar-refractivity contribution in [1.82, 2.24) is 10.6 Å². The van der Waals surface area contributed by atoms with Gasteiger partial charge in [-0.2, -0.15) is 13.2 Å². The summed E-state index contributed by atoms with van der Waals surface area (Å²) in [4.78, 5) is 21.0. The largest absolute Gasteiger partial charge is 0.490 e. The third-order valence-corrected chi connectivity index (χ3v) is 3.68. The van der Waals surface area contributed by atoms with Crippen LogP contribution < -0.4 is 10.6 Å². The maximum Gasteiger partial charge on any atom is 0.490 e. The number of piperidine rings is 1. The van der Waals surface area contributed by atoms with Crippen LogP contribution in [0.1, 0.15) is 35.7 Å². The van der Waals surface area contributed by atoms with Crippen LogP contribution in [0.15, 0.2) is 24.3 Å². The van der Waals surface area contributed by atoms with Gasteiger partial charge in [0, 0.05) is 16.7 Å². The first kappa shape index (κ1) is 20.5. The van der Waals surface area contributed by atoms with E-state index in [1.165, 1.54) is 0 Å². The average Bonchev–Trinajstić information content (AvgIpc) is 2.55. The van der Waals surface area contributed by atoms with Gasteiger partial charge in [0.15, 0.2) is 0 Å². The molecule has 1 aromatic carbocycles. The van der Waals surface area contributed by atoms with E-state index in [-0.39, 0.29) is 11.4 Å². The summed E-state index contributed by atoms with van der Waals surface area (Å²) >= 11 is 0. The summed E-state index contributed by atoms with van der Waals surface area (Å²) in [5, 5.41) is 13.5. The van der Waals surface area contributed by atoms with E-state index >= 15 is 0 Å². The van der Waals surface area contributed by atoms with Crippen molar-refractivity contribution in [3.8, 4) is 12.3 Å². The molecule has 0 saturated carbocycles. The van der Waals surface area contributed by atoms with Crippen molar-refractivity contribution < 1.29 is 27.9 Å². The molecule has 1 amide bonds. The summed E-state index contributed by atoms with van der Waals surface area (Å²) in [6.07, 6.45) is 2.12. The second-order valence-corrected chi connectivity index (χ2v) is 5.79. The van der Waals surface area contributed by atoms with Crippen LogP contribution >= 0.6 is 0 Å². The zero-order valence-electron chi connectivity index (χ0n) is 13.6. The summed E-state index contributed by atoms with van der Waals surface area (Å²) in [6, 6.07) is 7.13. The Hall–Kier alpha value is -2.53. The number of amides is 1. The van der Waals surface area contributed by atoms with Crippen LogP contribution in [-0.4, -0.2) is 41.8 Å². The molecule has 5 nitrogen and oxygen atoms in total. The monoisotopic (exact) mass is 356 g/mol. The molecule has 0 radical (unpaired) electrons. The Morgan fingerprint density at radius 3 is 2.12 bits per heavy atom. The standard InChI is InChI=1S/C15H18N2O.C2HF3O2/c1-3-12-4-6-13(7-5-12)14(18)17-15(2)8-10-16-11-9-15;3-2(4,5)1(6)7/h1,4-7,16H,8-11H2,2H3,(H,17,18);(H,6,7). The number of hydrogen-bond acceptors (Lipinski definition) is 3. The SMILES string of the molecule is C#Cc1ccc(C(=O)NC2(C)CCNCC2)cc1.O=C(O)C(F)(F)F. The number of alkyl halides is 3. The Labute approximate surface area is 143 Å². The lowest BCUT2D eigenvalue weighted by Crippen LogP contribution is -2.52. The summed E-state index contributed by atoms with van der Waals surface area (Å²) in [7, 11) is 0. The van der Waals surface area contributed by atoms with Gasteiger partial charge in [-0.05, 0) is 57.1 Å². The second-order valence-electron chi connectivity index (χ2n) is 5.79. The molecule has 1 aromatic rings. The molecular weight excluding hydrogens is 337 g/mol. The second kappa shape index (κ2) is 8.53. The summed E-state index contributed by atoms with van der Waals surface area (Å²) in [5.41, 5.74) is 1.35. The minimum Gasteiger partial charge on any atom is -0.475 e. The van der Waals surface area contributed by atoms with E-state index in [0.717, 1.165) is 31.5 Å². The van der Waals surface area contributed by atoms with Crippen molar-refractivity contribution in [3.63, 3.8) is 0 Å². The molecule has 1 aliphatic rings. The lowest BCUT2D eigenvalue weighted by atomic mass is 9.90. The first-order valence-corrected chi connectivity index (χ1v) is 7.47. The van der Waals surface area contributed by atoms with Gasteiger partial charge in [0.1, 0.15) is 0 Å². The maximum absolute atomic E-state index is 12.1. The fourth-order valence-electron chi connectivity index (χ4n) is 2.17. The van der Waals surface area contributed by atoms with Gasteiger partial charge >= 0.3 is 12.1 Å². The fourth-order valence-corrected chi connectivity index (χ4v) is 2.17. The van der Waals surface area contributed by atoms with Crippen LogP contribution in [-0.2, 0) is 4.79 Å². The zero-order valence-corrected chi connectivity index (χ0v) is 13.6. The predicted octanol–water partition coefficient (Wildman–Crippen LogP) is 2.17. The van der Waals surface area contributed by atoms with Gasteiger partial charge in [-0.15, -0.1) is 6.42 Å². The number of benzene rings is 1. The van der Waals surface area contributed by atoms with Gasteiger partial charge in [0.05, 0.1) is 0 Å². The molecule has 1 aliphatic heterocycles. The highest BCUT2D eigenvalue weighted by atomic mass is 19.4. The van der Waals surface area contributed by atoms with Crippen molar-refractivity contribution in [2.75, 3.05) is 13.1 Å². The van der Waals surface area contributed by atoms with E-state index in [2.05, 4.69) is 23.5 Å². The number of nitrogens with one attached hydrogen (secondary N) is 2. The summed E-state index contributed by atoms with van der Waals surface area (Å²) in [5.74, 6) is -0.240. The molecule has 3 N–H and O–H groups in total. The average molecular weight is 356 g/mol. The smallest absolute Gasteiger partial charge is 0.475 e. The minimum atomic E-state index is -5.08. The third-order valence-electron chi connectivity index (χ3n) is 3.68. The Kier molecular flexibility index (Phi) is 7.00. The van der Waals surface area contributed by atoms with E-state index in [9.17, 15) is 18.0 Å². The Balaban J connectivity index is 0.000000381. The highest BCUT2D eigenvalue weighted by Crippen LogP contribution is 2.18. The molecule has 2 rings (SSSR count). The predicted molar refractivity (Wildman–Crippen MR) is 86.0 cm³/mol. The first-order valence-electron chi connectivity index (χ1n) is 7.47. The van der Waals surface area contributed by atoms with Crippen molar-refractivity contribution in [2.24, 2.45) is 0 Å². The molecule has 0 spiro atoms. The summed E-state index contributed by atoms with van der Waals surface area (Å²) in [6.45, 7) is 4.00. The zero-order chi connectivity index (χ0) is 19.1. The molecule has 0 aromatic heterocycles. The molecule has 0 unspecified atom stereocenters. The van der Waals surface area contributed by atoms with Crippen molar-refractivity contribution in [2.45, 2.75) is 31.5 Å². The molecule has 1 heterocycles. The number of rotatable bonds is 2. The number of carboxylic acids is 1. The highest BCUT2D eigenvalue weighted by Gasteiger charge is 2.38. The Bertz CT molecular complexity index is 643. The Morgan fingerprint density at radius 1 is 1.24 bits per heavy atom. The molecule has 1 fully saturated rings. The van der Waals surface area contributed by atoms with Gasteiger partial charge < -0.3 is 15.7 Å². The number of aliphatic carboxylic acids is 1. The first-order chi connectivity index (χ1) is 11.6. The lowest BCUT2D eigenvalue weighted by molar-refractivity contribution is -0.192. The van der Waals surface area contributed by atoms with Crippen LogP contribution in [0.5, 0.6) is 0 Å². The van der Waals surface area contributed by atoms with E-state index in [1.807, 2.05) is 0 Å². The van der Waals surface area contributed by atoms with Crippen molar-refractivity contribution >= 4 is 11.9 Å². The fraction of sp³-hybridized carbons (Fsp3) is 0.412. The normalized spacial score (nSPS) is 16.0. The van der Waals surface area contributed by atoms with Crippen LogP contribution in [0.2, 0.25) is 0 Å². The number of terminal acetylenes is 1. The van der Waals surface area contributed by atoms with Gasteiger partial charge in [-0.25, -0.2) is 4.79 Å². The number of carbonyl (C=O) groups excluding carboxylic acids is 1. The molecule has 0 aliphatic carbocycles. The topological polar surface area (TPSA) is 78.4 Å². The molecule has 0 bridgehead atoms. The maximum atomic E-state index is 12.1. The van der Waals surface area contributed by atoms with Crippen LogP contribution in [0.25, 0.3) is 0 Å². The van der Waals surface area contributed by atoms with E-state index < -0.39 is 12.1 Å². The van der Waals surface area contributed by atoms with Gasteiger partial charge in [0.25, 0.3) is 5.91 Å². The van der Waals surface area contributed by atoms with Crippen molar-refractivity contribution in [1.29, 1.82) is 0 Å². The van der Waals surface area contributed by atoms with Gasteiger partial charge in [0.2, 0.25) is 0 Å². The van der Waals surface area contributed by atoms with Gasteiger partial charge in [-0.1, -0.05) is 5.92 Å². The quantitative estimate of drug-likeness (QED) is 0.710. The van der Waals surface area contributed by atoms with Crippen molar-refractivity contribution in [3.05, 3.63) is 35.4 Å². The van der Waals surface area contributed by atoms with Gasteiger partial charge in [-0.3, -0.25) is 4.79 Å². The molecule has 1 saturated heterocycles. The number of hydrogen-bond donors (Lipinski definition) is 3. The highest BCUT2D eigenvalue weighted by molar-refractivity contribution is 5.94. The van der Waals surface area contributed by atoms with E-state index in [0.29, 0.717) is 5.56 Å². The summed E-state index contributed by atoms with van der Waals surface area (Å²) < 4.78 is 31.7. The van der Waals surface area contributed by atoms with Crippen LogP contribution in [0, 0.1) is 12.3 Å². The van der Waals surface area contributed by atoms with E-state index in [1.54, 1.807) is 24.3 Å². The van der Waals surface area contributed by atoms with E-state index in [4.69, 9.17) is 16.3 Å². The van der Waals surface area contributed by atoms with Crippen LogP contribution in [0.4, 0.5) is 13.2 Å². The number of halogens is 3. The molecule has 8 heteroatoms. The molecule has 25 heavy (non-hydrogen) atoms. The molecule has 0 atom stereocenters. The molecule has 136 valence electrons. The number of carbonyl (C=O) groups is 2. The van der Waals surface area contributed by atoms with Crippen LogP contribution in [0.3, 0.4) is 0 Å². The Morgan fingerprint density at radius 2 is 1.72 bits per heavy atom. The lowest BCUT2D eigenvalue weighted by Gasteiger charge is -2.35. The minimum absolute atomic E-state index is 0.0250.